The van der Waals surface area contributed by atoms with Gasteiger partial charge in [0.15, 0.2) is 5.96 Å². The van der Waals surface area contributed by atoms with E-state index in [2.05, 4.69) is 56.4 Å². The highest BCUT2D eigenvalue weighted by atomic mass is 127. The van der Waals surface area contributed by atoms with Crippen molar-refractivity contribution >= 4 is 45.6 Å². The van der Waals surface area contributed by atoms with Crippen LogP contribution in [0.15, 0.2) is 29.3 Å². The summed E-state index contributed by atoms with van der Waals surface area (Å²) in [6, 6.07) is 8.67. The zero-order valence-electron chi connectivity index (χ0n) is 17.4. The third-order valence-corrected chi connectivity index (χ3v) is 5.50. The summed E-state index contributed by atoms with van der Waals surface area (Å²) >= 11 is 0. The van der Waals surface area contributed by atoms with Crippen molar-refractivity contribution in [2.45, 2.75) is 45.2 Å². The summed E-state index contributed by atoms with van der Waals surface area (Å²) in [7, 11) is -1.56. The molecule has 0 amide bonds. The molecule has 0 aromatic heterocycles. The molecule has 1 aromatic carbocycles. The number of sulfonamides is 1. The Hall–Kier alpha value is -1.07. The Morgan fingerprint density at radius 2 is 1.93 bits per heavy atom. The fourth-order valence-electron chi connectivity index (χ4n) is 3.29. The van der Waals surface area contributed by atoms with Gasteiger partial charge in [-0.1, -0.05) is 12.1 Å². The van der Waals surface area contributed by atoms with Crippen LogP contribution in [-0.4, -0.2) is 52.9 Å². The first kappa shape index (κ1) is 25.0. The first-order chi connectivity index (χ1) is 12.6. The predicted octanol–water partition coefficient (Wildman–Crippen LogP) is 2.46. The van der Waals surface area contributed by atoms with Gasteiger partial charge in [0.1, 0.15) is 0 Å². The maximum absolute atomic E-state index is 11.5. The van der Waals surface area contributed by atoms with Gasteiger partial charge in [-0.2, -0.15) is 0 Å². The maximum Gasteiger partial charge on any atom is 0.209 e. The van der Waals surface area contributed by atoms with Gasteiger partial charge >= 0.3 is 0 Å². The molecule has 0 aliphatic carbocycles. The Morgan fingerprint density at radius 3 is 2.50 bits per heavy atom. The highest BCUT2D eigenvalue weighted by molar-refractivity contribution is 14.0. The molecule has 0 spiro atoms. The molecule has 1 atom stereocenters. The van der Waals surface area contributed by atoms with Gasteiger partial charge < -0.3 is 15.5 Å². The molecule has 1 aromatic rings. The van der Waals surface area contributed by atoms with E-state index in [1.807, 2.05) is 13.8 Å². The second-order valence-electron chi connectivity index (χ2n) is 7.84. The van der Waals surface area contributed by atoms with Crippen LogP contribution in [0.4, 0.5) is 5.69 Å². The predicted molar refractivity (Wildman–Crippen MR) is 128 cm³/mol. The van der Waals surface area contributed by atoms with E-state index in [-0.39, 0.29) is 30.0 Å². The summed E-state index contributed by atoms with van der Waals surface area (Å²) in [5, 5.41) is 6.58. The average Bonchev–Trinajstić information content (AvgIpc) is 3.11. The molecule has 28 heavy (non-hydrogen) atoms. The van der Waals surface area contributed by atoms with Crippen LogP contribution in [0.5, 0.6) is 0 Å². The van der Waals surface area contributed by atoms with Crippen molar-refractivity contribution < 1.29 is 8.42 Å². The molecule has 1 saturated heterocycles. The third kappa shape index (κ3) is 8.12. The largest absolute Gasteiger partial charge is 0.372 e. The number of hydrogen-bond donors (Lipinski definition) is 3. The lowest BCUT2D eigenvalue weighted by Gasteiger charge is -2.27. The first-order valence-electron chi connectivity index (χ1n) is 9.41. The minimum absolute atomic E-state index is 0. The van der Waals surface area contributed by atoms with Crippen LogP contribution in [0.1, 0.15) is 45.2 Å². The van der Waals surface area contributed by atoms with E-state index < -0.39 is 15.6 Å². The van der Waals surface area contributed by atoms with E-state index in [4.69, 9.17) is 0 Å². The Bertz CT molecular complexity index is 761. The fourth-order valence-corrected chi connectivity index (χ4v) is 4.37. The minimum Gasteiger partial charge on any atom is -0.372 e. The van der Waals surface area contributed by atoms with Crippen molar-refractivity contribution in [2.24, 2.45) is 4.99 Å². The zero-order valence-corrected chi connectivity index (χ0v) is 20.6. The van der Waals surface area contributed by atoms with E-state index >= 15 is 0 Å². The van der Waals surface area contributed by atoms with Gasteiger partial charge in [-0.15, -0.1) is 24.0 Å². The number of rotatable bonds is 7. The standard InChI is InChI=1S/C19H33N5O2S.HI/c1-15(16-9-8-10-17(13-16)24-11-6-7-12-24)22-18(20-4)21-14-19(2,3)23-27(5,25)26;/h8-10,13,15,23H,6-7,11-12,14H2,1-5H3,(H2,20,21,22);1H. The molecular weight excluding hydrogens is 489 g/mol. The molecule has 9 heteroatoms. The summed E-state index contributed by atoms with van der Waals surface area (Å²) in [5.74, 6) is 0.637. The fraction of sp³-hybridized carbons (Fsp3) is 0.632. The monoisotopic (exact) mass is 523 g/mol. The normalized spacial score (nSPS) is 16.5. The molecule has 160 valence electrons. The van der Waals surface area contributed by atoms with E-state index in [0.29, 0.717) is 12.5 Å². The Morgan fingerprint density at radius 1 is 1.29 bits per heavy atom. The second kappa shape index (κ2) is 10.6. The summed E-state index contributed by atoms with van der Waals surface area (Å²) in [6.45, 7) is 8.42. The topological polar surface area (TPSA) is 85.8 Å². The van der Waals surface area contributed by atoms with Gasteiger partial charge in [-0.3, -0.25) is 4.99 Å². The van der Waals surface area contributed by atoms with Crippen molar-refractivity contribution in [1.29, 1.82) is 0 Å². The summed E-state index contributed by atoms with van der Waals surface area (Å²) in [5.41, 5.74) is 1.83. The van der Waals surface area contributed by atoms with E-state index in [0.717, 1.165) is 19.3 Å². The molecule has 1 aliphatic heterocycles. The van der Waals surface area contributed by atoms with Gasteiger partial charge in [0, 0.05) is 37.9 Å². The zero-order chi connectivity index (χ0) is 20.1. The molecular formula is C19H34IN5O2S. The molecule has 1 aliphatic rings. The highest BCUT2D eigenvalue weighted by Gasteiger charge is 2.22. The number of guanidine groups is 1. The molecule has 1 unspecified atom stereocenters. The Labute approximate surface area is 186 Å². The number of anilines is 1. The summed E-state index contributed by atoms with van der Waals surface area (Å²) in [6.07, 6.45) is 3.68. The average molecular weight is 523 g/mol. The van der Waals surface area contributed by atoms with Gasteiger partial charge in [-0.25, -0.2) is 13.1 Å². The van der Waals surface area contributed by atoms with Crippen LogP contribution < -0.4 is 20.3 Å². The van der Waals surface area contributed by atoms with Crippen molar-refractivity contribution in [1.82, 2.24) is 15.4 Å². The minimum atomic E-state index is -3.27. The SMILES string of the molecule is CN=C(NCC(C)(C)NS(C)(=O)=O)NC(C)c1cccc(N2CCCC2)c1.I. The third-order valence-electron chi connectivity index (χ3n) is 4.58. The maximum atomic E-state index is 11.5. The van der Waals surface area contributed by atoms with Crippen LogP contribution in [0, 0.1) is 0 Å². The number of nitrogens with one attached hydrogen (secondary N) is 3. The Balaban J connectivity index is 0.00000392. The molecule has 0 radical (unpaired) electrons. The van der Waals surface area contributed by atoms with Gasteiger partial charge in [0.25, 0.3) is 0 Å². The lowest BCUT2D eigenvalue weighted by molar-refractivity contribution is 0.445. The summed E-state index contributed by atoms with van der Waals surface area (Å²) < 4.78 is 25.6. The highest BCUT2D eigenvalue weighted by Crippen LogP contribution is 2.23. The lowest BCUT2D eigenvalue weighted by Crippen LogP contribution is -2.53. The number of halogens is 1. The number of nitrogens with zero attached hydrogens (tertiary/aromatic N) is 2. The lowest BCUT2D eigenvalue weighted by atomic mass is 10.1. The first-order valence-corrected chi connectivity index (χ1v) is 11.3. The molecule has 0 bridgehead atoms. The van der Waals surface area contributed by atoms with Crippen LogP contribution in [0.2, 0.25) is 0 Å². The second-order valence-corrected chi connectivity index (χ2v) is 9.59. The van der Waals surface area contributed by atoms with Gasteiger partial charge in [0.2, 0.25) is 10.0 Å². The van der Waals surface area contributed by atoms with Crippen molar-refractivity contribution in [3.05, 3.63) is 29.8 Å². The molecule has 1 heterocycles. The number of benzene rings is 1. The van der Waals surface area contributed by atoms with Crippen molar-refractivity contribution in [3.8, 4) is 0 Å². The van der Waals surface area contributed by atoms with E-state index in [9.17, 15) is 8.42 Å². The van der Waals surface area contributed by atoms with Crippen LogP contribution in [-0.2, 0) is 10.0 Å². The van der Waals surface area contributed by atoms with Gasteiger partial charge in [0.05, 0.1) is 12.3 Å². The molecule has 3 N–H and O–H groups in total. The molecule has 0 saturated carbocycles. The van der Waals surface area contributed by atoms with Crippen LogP contribution in [0.3, 0.4) is 0 Å². The summed E-state index contributed by atoms with van der Waals surface area (Å²) in [4.78, 5) is 6.68. The van der Waals surface area contributed by atoms with Crippen molar-refractivity contribution in [3.63, 3.8) is 0 Å². The molecule has 7 nitrogen and oxygen atoms in total. The van der Waals surface area contributed by atoms with Crippen LogP contribution >= 0.6 is 24.0 Å². The number of hydrogen-bond acceptors (Lipinski definition) is 4. The molecule has 1 fully saturated rings. The smallest absolute Gasteiger partial charge is 0.209 e. The van der Waals surface area contributed by atoms with E-state index in [1.54, 1.807) is 7.05 Å². The van der Waals surface area contributed by atoms with Crippen molar-refractivity contribution in [2.75, 3.05) is 37.8 Å². The molecule has 2 rings (SSSR count). The van der Waals surface area contributed by atoms with Gasteiger partial charge in [-0.05, 0) is 51.3 Å². The number of aliphatic imine (C=N–C) groups is 1. The Kier molecular flexibility index (Phi) is 9.48. The van der Waals surface area contributed by atoms with Crippen LogP contribution in [0.25, 0.3) is 0 Å². The quantitative estimate of drug-likeness (QED) is 0.291. The van der Waals surface area contributed by atoms with E-state index in [1.165, 1.54) is 24.1 Å².